The van der Waals surface area contributed by atoms with Crippen molar-refractivity contribution >= 4 is 11.6 Å². The summed E-state index contributed by atoms with van der Waals surface area (Å²) >= 11 is 0. The zero-order valence-electron chi connectivity index (χ0n) is 16.6. The lowest BCUT2D eigenvalue weighted by Crippen LogP contribution is -2.37. The van der Waals surface area contributed by atoms with Gasteiger partial charge in [0.15, 0.2) is 0 Å². The fourth-order valence-corrected chi connectivity index (χ4v) is 3.97. The molecule has 0 unspecified atom stereocenters. The summed E-state index contributed by atoms with van der Waals surface area (Å²) in [7, 11) is 0. The first-order valence-corrected chi connectivity index (χ1v) is 9.43. The SMILES string of the molecule is CCC(CC)N1C(=O)Cc2c1cc(C)nc2Oc1c(C)cc(C)cc1C. The summed E-state index contributed by atoms with van der Waals surface area (Å²) in [5, 5.41) is 0. The van der Waals surface area contributed by atoms with Crippen LogP contribution < -0.4 is 9.64 Å². The van der Waals surface area contributed by atoms with Crippen molar-refractivity contribution in [3.05, 3.63) is 46.1 Å². The van der Waals surface area contributed by atoms with E-state index in [1.807, 2.05) is 31.7 Å². The largest absolute Gasteiger partial charge is 0.438 e. The molecule has 0 fully saturated rings. The van der Waals surface area contributed by atoms with Gasteiger partial charge in [-0.05, 0) is 57.7 Å². The fraction of sp³-hybridized carbons (Fsp3) is 0.455. The first kappa shape index (κ1) is 18.4. The Labute approximate surface area is 156 Å². The molecule has 0 saturated heterocycles. The number of hydrogen-bond donors (Lipinski definition) is 0. The minimum Gasteiger partial charge on any atom is -0.438 e. The van der Waals surface area contributed by atoms with Crippen LogP contribution in [0.1, 0.15) is 54.6 Å². The summed E-state index contributed by atoms with van der Waals surface area (Å²) in [6.45, 7) is 12.4. The number of benzene rings is 1. The number of amides is 1. The average Bonchev–Trinajstić information content (AvgIpc) is 2.89. The highest BCUT2D eigenvalue weighted by Crippen LogP contribution is 2.40. The molecule has 26 heavy (non-hydrogen) atoms. The van der Waals surface area contributed by atoms with E-state index in [0.717, 1.165) is 46.7 Å². The summed E-state index contributed by atoms with van der Waals surface area (Å²) in [4.78, 5) is 19.3. The predicted octanol–water partition coefficient (Wildman–Crippen LogP) is 5.19. The van der Waals surface area contributed by atoms with Crippen LogP contribution in [0.4, 0.5) is 5.69 Å². The molecule has 0 bridgehead atoms. The number of anilines is 1. The maximum Gasteiger partial charge on any atom is 0.231 e. The molecular formula is C22H28N2O2. The first-order valence-electron chi connectivity index (χ1n) is 9.43. The van der Waals surface area contributed by atoms with Gasteiger partial charge < -0.3 is 9.64 Å². The number of nitrogens with zero attached hydrogens (tertiary/aromatic N) is 2. The van der Waals surface area contributed by atoms with Gasteiger partial charge in [-0.2, -0.15) is 0 Å². The zero-order valence-corrected chi connectivity index (χ0v) is 16.6. The van der Waals surface area contributed by atoms with E-state index in [4.69, 9.17) is 4.74 Å². The van der Waals surface area contributed by atoms with E-state index in [9.17, 15) is 4.79 Å². The summed E-state index contributed by atoms with van der Waals surface area (Å²) in [6, 6.07) is 6.46. The first-order chi connectivity index (χ1) is 12.3. The Morgan fingerprint density at radius 2 is 1.69 bits per heavy atom. The van der Waals surface area contributed by atoms with Crippen molar-refractivity contribution in [1.82, 2.24) is 4.98 Å². The number of pyridine rings is 1. The highest BCUT2D eigenvalue weighted by molar-refractivity contribution is 6.02. The smallest absolute Gasteiger partial charge is 0.231 e. The third-order valence-corrected chi connectivity index (χ3v) is 5.16. The van der Waals surface area contributed by atoms with Crippen molar-refractivity contribution in [2.75, 3.05) is 4.90 Å². The van der Waals surface area contributed by atoms with Crippen LogP contribution in [-0.2, 0) is 11.2 Å². The molecule has 1 aliphatic heterocycles. The molecule has 0 aliphatic carbocycles. The minimum atomic E-state index is 0.142. The third-order valence-electron chi connectivity index (χ3n) is 5.16. The van der Waals surface area contributed by atoms with E-state index in [1.54, 1.807) is 0 Å². The number of ether oxygens (including phenoxy) is 1. The number of rotatable bonds is 5. The minimum absolute atomic E-state index is 0.142. The van der Waals surface area contributed by atoms with Crippen molar-refractivity contribution in [3.8, 4) is 11.6 Å². The van der Waals surface area contributed by atoms with Crippen molar-refractivity contribution in [1.29, 1.82) is 0 Å². The molecule has 2 heterocycles. The Morgan fingerprint density at radius 3 is 2.27 bits per heavy atom. The van der Waals surface area contributed by atoms with E-state index in [0.29, 0.717) is 12.3 Å². The van der Waals surface area contributed by atoms with Crippen LogP contribution in [0.15, 0.2) is 18.2 Å². The second-order valence-corrected chi connectivity index (χ2v) is 7.31. The number of carbonyl (C=O) groups excluding carboxylic acids is 1. The third kappa shape index (κ3) is 3.20. The molecule has 3 rings (SSSR count). The molecule has 1 amide bonds. The highest BCUT2D eigenvalue weighted by atomic mass is 16.5. The number of hydrogen-bond acceptors (Lipinski definition) is 3. The maximum atomic E-state index is 12.7. The van der Waals surface area contributed by atoms with E-state index >= 15 is 0 Å². The van der Waals surface area contributed by atoms with E-state index < -0.39 is 0 Å². The van der Waals surface area contributed by atoms with Gasteiger partial charge in [0.2, 0.25) is 11.8 Å². The van der Waals surface area contributed by atoms with Crippen molar-refractivity contribution in [2.24, 2.45) is 0 Å². The standard InChI is InChI=1S/C22H28N2O2/c1-7-17(8-2)24-19-11-16(6)23-22(18(19)12-20(24)25)26-21-14(4)9-13(3)10-15(21)5/h9-11,17H,7-8,12H2,1-6H3. The Kier molecular flexibility index (Phi) is 5.03. The Morgan fingerprint density at radius 1 is 1.08 bits per heavy atom. The molecule has 1 aromatic carbocycles. The second kappa shape index (κ2) is 7.10. The maximum absolute atomic E-state index is 12.7. The van der Waals surface area contributed by atoms with Crippen LogP contribution in [-0.4, -0.2) is 16.9 Å². The van der Waals surface area contributed by atoms with E-state index in [2.05, 4.69) is 37.9 Å². The van der Waals surface area contributed by atoms with Gasteiger partial charge in [0.05, 0.1) is 12.1 Å². The lowest BCUT2D eigenvalue weighted by molar-refractivity contribution is -0.117. The van der Waals surface area contributed by atoms with Gasteiger partial charge in [0.25, 0.3) is 0 Å². The highest BCUT2D eigenvalue weighted by Gasteiger charge is 2.35. The van der Waals surface area contributed by atoms with Crippen molar-refractivity contribution in [3.63, 3.8) is 0 Å². The molecule has 138 valence electrons. The van der Waals surface area contributed by atoms with Crippen LogP contribution in [0.5, 0.6) is 11.6 Å². The molecule has 1 aromatic heterocycles. The van der Waals surface area contributed by atoms with Crippen molar-refractivity contribution in [2.45, 2.75) is 66.8 Å². The molecule has 0 spiro atoms. The predicted molar refractivity (Wildman–Crippen MR) is 105 cm³/mol. The summed E-state index contributed by atoms with van der Waals surface area (Å²) in [5.74, 6) is 1.55. The van der Waals surface area contributed by atoms with Gasteiger partial charge in [0.1, 0.15) is 5.75 Å². The number of aromatic nitrogens is 1. The van der Waals surface area contributed by atoms with Gasteiger partial charge in [-0.3, -0.25) is 4.79 Å². The summed E-state index contributed by atoms with van der Waals surface area (Å²) < 4.78 is 6.27. The molecule has 0 radical (unpaired) electrons. The van der Waals surface area contributed by atoms with E-state index in [-0.39, 0.29) is 11.9 Å². The zero-order chi connectivity index (χ0) is 19.0. The van der Waals surface area contributed by atoms with Gasteiger partial charge in [-0.1, -0.05) is 31.5 Å². The monoisotopic (exact) mass is 352 g/mol. The van der Waals surface area contributed by atoms with Crippen LogP contribution in [0, 0.1) is 27.7 Å². The summed E-state index contributed by atoms with van der Waals surface area (Å²) in [6.07, 6.45) is 2.24. The Balaban J connectivity index is 2.07. The van der Waals surface area contributed by atoms with E-state index in [1.165, 1.54) is 5.56 Å². The fourth-order valence-electron chi connectivity index (χ4n) is 3.97. The molecule has 0 atom stereocenters. The van der Waals surface area contributed by atoms with Gasteiger partial charge in [-0.25, -0.2) is 4.98 Å². The second-order valence-electron chi connectivity index (χ2n) is 7.31. The number of fused-ring (bicyclic) bond motifs is 1. The quantitative estimate of drug-likeness (QED) is 0.744. The lowest BCUT2D eigenvalue weighted by Gasteiger charge is -2.27. The van der Waals surface area contributed by atoms with Crippen LogP contribution in [0.3, 0.4) is 0 Å². The van der Waals surface area contributed by atoms with Gasteiger partial charge in [-0.15, -0.1) is 0 Å². The molecule has 0 saturated carbocycles. The number of carbonyl (C=O) groups is 1. The molecule has 4 heteroatoms. The lowest BCUT2D eigenvalue weighted by atomic mass is 10.1. The van der Waals surface area contributed by atoms with Crippen LogP contribution in [0.25, 0.3) is 0 Å². The van der Waals surface area contributed by atoms with Gasteiger partial charge >= 0.3 is 0 Å². The van der Waals surface area contributed by atoms with Crippen LogP contribution in [0.2, 0.25) is 0 Å². The Bertz CT molecular complexity index is 830. The summed E-state index contributed by atoms with van der Waals surface area (Å²) in [5.41, 5.74) is 6.12. The molecule has 2 aromatic rings. The topological polar surface area (TPSA) is 42.4 Å². The normalized spacial score (nSPS) is 13.5. The Hall–Kier alpha value is -2.36. The van der Waals surface area contributed by atoms with Gasteiger partial charge in [0, 0.05) is 17.3 Å². The molecule has 4 nitrogen and oxygen atoms in total. The van der Waals surface area contributed by atoms with Crippen LogP contribution >= 0.6 is 0 Å². The number of aryl methyl sites for hydroxylation is 4. The average molecular weight is 352 g/mol. The molecule has 0 N–H and O–H groups in total. The molecular weight excluding hydrogens is 324 g/mol. The molecule has 1 aliphatic rings. The van der Waals surface area contributed by atoms with Crippen molar-refractivity contribution < 1.29 is 9.53 Å².